The Balaban J connectivity index is 1.16. The molecule has 220 valence electrons. The Hall–Kier alpha value is -6.32. The van der Waals surface area contributed by atoms with E-state index in [4.69, 9.17) is 8.83 Å². The van der Waals surface area contributed by atoms with Gasteiger partial charge in [0.05, 0.1) is 5.69 Å². The summed E-state index contributed by atoms with van der Waals surface area (Å²) >= 11 is 0. The number of nitrogens with zero attached hydrogens (tertiary/aromatic N) is 1. The van der Waals surface area contributed by atoms with E-state index in [1.807, 2.05) is 12.1 Å². The quantitative estimate of drug-likeness (QED) is 0.201. The zero-order valence-corrected chi connectivity index (χ0v) is 25.4. The molecule has 0 saturated carbocycles. The Kier molecular flexibility index (Phi) is 5.57. The van der Waals surface area contributed by atoms with Gasteiger partial charge >= 0.3 is 0 Å². The molecule has 0 radical (unpaired) electrons. The summed E-state index contributed by atoms with van der Waals surface area (Å²) in [4.78, 5) is 2.32. The number of para-hydroxylation sites is 2. The summed E-state index contributed by atoms with van der Waals surface area (Å²) in [6.07, 6.45) is 0. The third-order valence-electron chi connectivity index (χ3n) is 9.44. The Bertz CT molecular complexity index is 2800. The van der Waals surface area contributed by atoms with Crippen LogP contribution in [0.15, 0.2) is 173 Å². The molecule has 10 rings (SSSR count). The fourth-order valence-corrected chi connectivity index (χ4v) is 7.14. The molecule has 2 heterocycles. The number of anilines is 3. The molecule has 0 aliphatic heterocycles. The van der Waals surface area contributed by atoms with Crippen LogP contribution < -0.4 is 4.90 Å². The minimum atomic E-state index is 0.869. The van der Waals surface area contributed by atoms with Gasteiger partial charge in [0.25, 0.3) is 0 Å². The zero-order chi connectivity index (χ0) is 30.9. The van der Waals surface area contributed by atoms with Crippen LogP contribution in [0.3, 0.4) is 0 Å². The van der Waals surface area contributed by atoms with E-state index in [2.05, 4.69) is 157 Å². The molecule has 0 N–H and O–H groups in total. The average molecular weight is 602 g/mol. The van der Waals surface area contributed by atoms with Gasteiger partial charge in [0.1, 0.15) is 16.7 Å². The fraction of sp³-hybridized carbons (Fsp3) is 0. The molecule has 0 saturated heterocycles. The van der Waals surface area contributed by atoms with Gasteiger partial charge in [-0.15, -0.1) is 0 Å². The number of hydrogen-bond donors (Lipinski definition) is 0. The van der Waals surface area contributed by atoms with Gasteiger partial charge in [-0.3, -0.25) is 0 Å². The first-order valence-electron chi connectivity index (χ1n) is 15.9. The maximum Gasteiger partial charge on any atom is 0.159 e. The van der Waals surface area contributed by atoms with E-state index in [0.29, 0.717) is 0 Å². The number of rotatable bonds is 4. The SMILES string of the molecule is c1ccc2cc(N(c3ccc(-c4ccc5oc6ccccc6c5c4)cc3)c3cccc4c3oc3c5ccccc5ccc43)ccc2c1. The summed E-state index contributed by atoms with van der Waals surface area (Å²) in [5.74, 6) is 0. The topological polar surface area (TPSA) is 29.5 Å². The molecular weight excluding hydrogens is 574 g/mol. The lowest BCUT2D eigenvalue weighted by Gasteiger charge is -2.26. The predicted octanol–water partition coefficient (Wildman–Crippen LogP) is 12.9. The van der Waals surface area contributed by atoms with Gasteiger partial charge < -0.3 is 13.7 Å². The van der Waals surface area contributed by atoms with Crippen LogP contribution in [0.4, 0.5) is 17.1 Å². The molecule has 47 heavy (non-hydrogen) atoms. The highest BCUT2D eigenvalue weighted by Gasteiger charge is 2.20. The van der Waals surface area contributed by atoms with Gasteiger partial charge in [-0.05, 0) is 81.9 Å². The van der Waals surface area contributed by atoms with E-state index in [0.717, 1.165) is 77.5 Å². The second kappa shape index (κ2) is 10.1. The predicted molar refractivity (Wildman–Crippen MR) is 196 cm³/mol. The molecule has 0 fully saturated rings. The fourth-order valence-electron chi connectivity index (χ4n) is 7.14. The van der Waals surface area contributed by atoms with E-state index >= 15 is 0 Å². The number of hydrogen-bond acceptors (Lipinski definition) is 3. The van der Waals surface area contributed by atoms with E-state index < -0.39 is 0 Å². The van der Waals surface area contributed by atoms with Crippen molar-refractivity contribution in [2.75, 3.05) is 4.90 Å². The van der Waals surface area contributed by atoms with Crippen molar-refractivity contribution in [3.63, 3.8) is 0 Å². The smallest absolute Gasteiger partial charge is 0.159 e. The summed E-state index contributed by atoms with van der Waals surface area (Å²) < 4.78 is 12.9. The lowest BCUT2D eigenvalue weighted by Crippen LogP contribution is -2.10. The van der Waals surface area contributed by atoms with E-state index in [-0.39, 0.29) is 0 Å². The molecule has 0 unspecified atom stereocenters. The molecule has 0 aliphatic carbocycles. The maximum absolute atomic E-state index is 6.82. The average Bonchev–Trinajstić information content (AvgIpc) is 3.71. The van der Waals surface area contributed by atoms with Crippen LogP contribution in [0.25, 0.3) is 76.5 Å². The van der Waals surface area contributed by atoms with Crippen molar-refractivity contribution in [3.05, 3.63) is 164 Å². The minimum absolute atomic E-state index is 0.869. The second-order valence-electron chi connectivity index (χ2n) is 12.1. The van der Waals surface area contributed by atoms with Crippen LogP contribution in [0.1, 0.15) is 0 Å². The molecular formula is C44H27NO2. The van der Waals surface area contributed by atoms with Gasteiger partial charge in [0, 0.05) is 38.3 Å². The first kappa shape index (κ1) is 26.0. The van der Waals surface area contributed by atoms with Crippen molar-refractivity contribution in [2.45, 2.75) is 0 Å². The van der Waals surface area contributed by atoms with Gasteiger partial charge in [-0.25, -0.2) is 0 Å². The van der Waals surface area contributed by atoms with Crippen LogP contribution in [0, 0.1) is 0 Å². The third-order valence-corrected chi connectivity index (χ3v) is 9.44. The van der Waals surface area contributed by atoms with Crippen molar-refractivity contribution in [2.24, 2.45) is 0 Å². The largest absolute Gasteiger partial charge is 0.456 e. The summed E-state index contributed by atoms with van der Waals surface area (Å²) in [7, 11) is 0. The number of fused-ring (bicyclic) bond motifs is 9. The first-order valence-corrected chi connectivity index (χ1v) is 15.9. The van der Waals surface area contributed by atoms with Crippen LogP contribution in [-0.2, 0) is 0 Å². The van der Waals surface area contributed by atoms with Gasteiger partial charge in [0.15, 0.2) is 5.58 Å². The van der Waals surface area contributed by atoms with Gasteiger partial charge in [-0.2, -0.15) is 0 Å². The van der Waals surface area contributed by atoms with Crippen molar-refractivity contribution in [1.82, 2.24) is 0 Å². The van der Waals surface area contributed by atoms with Gasteiger partial charge in [0.2, 0.25) is 0 Å². The molecule has 10 aromatic rings. The van der Waals surface area contributed by atoms with Crippen molar-refractivity contribution in [1.29, 1.82) is 0 Å². The molecule has 3 nitrogen and oxygen atoms in total. The Morgan fingerprint density at radius 3 is 1.89 bits per heavy atom. The highest BCUT2D eigenvalue weighted by Crippen LogP contribution is 2.44. The second-order valence-corrected chi connectivity index (χ2v) is 12.1. The molecule has 0 spiro atoms. The van der Waals surface area contributed by atoms with Crippen LogP contribution in [0.5, 0.6) is 0 Å². The van der Waals surface area contributed by atoms with Crippen molar-refractivity contribution >= 4 is 82.5 Å². The van der Waals surface area contributed by atoms with Crippen molar-refractivity contribution in [3.8, 4) is 11.1 Å². The summed E-state index contributed by atoms with van der Waals surface area (Å²) in [6.45, 7) is 0. The van der Waals surface area contributed by atoms with E-state index in [1.54, 1.807) is 0 Å². The summed E-state index contributed by atoms with van der Waals surface area (Å²) in [5, 5.41) is 9.18. The molecule has 0 amide bonds. The van der Waals surface area contributed by atoms with E-state index in [1.165, 1.54) is 16.2 Å². The minimum Gasteiger partial charge on any atom is -0.456 e. The Morgan fingerprint density at radius 1 is 0.340 bits per heavy atom. The molecule has 0 atom stereocenters. The van der Waals surface area contributed by atoms with Gasteiger partial charge in [-0.1, -0.05) is 109 Å². The Labute approximate surface area is 270 Å². The Morgan fingerprint density at radius 2 is 1.00 bits per heavy atom. The molecule has 0 aliphatic rings. The standard InChI is InChI=1S/C44H27NO2/c1-2-10-31-26-34(23-18-28(31)8-1)45(40-14-7-13-37-38-24-19-30-9-3-4-11-35(30)43(38)47-44(37)40)33-21-16-29(17-22-33)32-20-25-42-39(27-32)36-12-5-6-15-41(36)46-42/h1-27H. The lowest BCUT2D eigenvalue weighted by atomic mass is 10.0. The van der Waals surface area contributed by atoms with Crippen LogP contribution in [-0.4, -0.2) is 0 Å². The lowest BCUT2D eigenvalue weighted by molar-refractivity contribution is 0.669. The molecule has 8 aromatic carbocycles. The first-order chi connectivity index (χ1) is 23.3. The van der Waals surface area contributed by atoms with Crippen LogP contribution >= 0.6 is 0 Å². The van der Waals surface area contributed by atoms with Crippen molar-refractivity contribution < 1.29 is 8.83 Å². The normalized spacial score (nSPS) is 11.8. The number of furan rings is 2. The highest BCUT2D eigenvalue weighted by molar-refractivity contribution is 6.17. The summed E-state index contributed by atoms with van der Waals surface area (Å²) in [5.41, 5.74) is 9.02. The molecule has 3 heteroatoms. The highest BCUT2D eigenvalue weighted by atomic mass is 16.3. The zero-order valence-electron chi connectivity index (χ0n) is 25.4. The molecule has 2 aromatic heterocycles. The molecule has 0 bridgehead atoms. The van der Waals surface area contributed by atoms with E-state index in [9.17, 15) is 0 Å². The van der Waals surface area contributed by atoms with Crippen LogP contribution in [0.2, 0.25) is 0 Å². The third kappa shape index (κ3) is 4.07. The monoisotopic (exact) mass is 601 g/mol. The maximum atomic E-state index is 6.82. The number of benzene rings is 8. The summed E-state index contributed by atoms with van der Waals surface area (Å²) in [6, 6.07) is 57.9.